The highest BCUT2D eigenvalue weighted by molar-refractivity contribution is 5.85. The number of imidazole rings is 1. The van der Waals surface area contributed by atoms with Crippen LogP contribution in [-0.2, 0) is 6.54 Å². The number of hydrogen-bond donors (Lipinski definition) is 1. The number of fused-ring (bicyclic) bond motifs is 1. The van der Waals surface area contributed by atoms with Crippen molar-refractivity contribution in [3.63, 3.8) is 0 Å². The summed E-state index contributed by atoms with van der Waals surface area (Å²) in [7, 11) is 3.56. The number of methoxy groups -OCH3 is 1. The van der Waals surface area contributed by atoms with Gasteiger partial charge in [0.05, 0.1) is 19.5 Å². The van der Waals surface area contributed by atoms with Crippen LogP contribution in [0.4, 0.5) is 0 Å². The third-order valence-corrected chi connectivity index (χ3v) is 5.90. The van der Waals surface area contributed by atoms with Gasteiger partial charge in [-0.3, -0.25) is 4.99 Å². The summed E-state index contributed by atoms with van der Waals surface area (Å²) in [5, 5.41) is 5.95. The summed E-state index contributed by atoms with van der Waals surface area (Å²) in [5.74, 6) is 2.46. The molecule has 0 amide bonds. The molecular formula is C23H29N5O. The smallest absolute Gasteiger partial charge is 0.193 e. The molecule has 1 fully saturated rings. The van der Waals surface area contributed by atoms with E-state index in [9.17, 15) is 0 Å². The van der Waals surface area contributed by atoms with E-state index in [1.165, 1.54) is 16.3 Å². The topological polar surface area (TPSA) is 54.7 Å². The third-order valence-electron chi connectivity index (χ3n) is 5.90. The molecule has 1 aliphatic heterocycles. The summed E-state index contributed by atoms with van der Waals surface area (Å²) >= 11 is 0. The van der Waals surface area contributed by atoms with E-state index in [1.807, 2.05) is 25.6 Å². The van der Waals surface area contributed by atoms with Crippen LogP contribution in [0.15, 0.2) is 60.1 Å². The lowest BCUT2D eigenvalue weighted by Gasteiger charge is -2.39. The van der Waals surface area contributed by atoms with Crippen LogP contribution >= 0.6 is 0 Å². The van der Waals surface area contributed by atoms with Crippen molar-refractivity contribution in [2.75, 3.05) is 27.2 Å². The van der Waals surface area contributed by atoms with Crippen LogP contribution in [0.3, 0.4) is 0 Å². The molecule has 0 aliphatic carbocycles. The van der Waals surface area contributed by atoms with Gasteiger partial charge in [-0.25, -0.2) is 4.98 Å². The highest BCUT2D eigenvalue weighted by Crippen LogP contribution is 2.27. The zero-order valence-corrected chi connectivity index (χ0v) is 17.4. The molecule has 29 heavy (non-hydrogen) atoms. The molecule has 0 radical (unpaired) electrons. The number of aromatic nitrogens is 2. The molecule has 1 aliphatic rings. The number of hydrogen-bond acceptors (Lipinski definition) is 3. The predicted octanol–water partition coefficient (Wildman–Crippen LogP) is 3.70. The second-order valence-electron chi connectivity index (χ2n) is 7.74. The summed E-state index contributed by atoms with van der Waals surface area (Å²) < 4.78 is 7.54. The zero-order valence-electron chi connectivity index (χ0n) is 17.4. The van der Waals surface area contributed by atoms with Crippen LogP contribution in [0.1, 0.15) is 24.9 Å². The summed E-state index contributed by atoms with van der Waals surface area (Å²) in [6.45, 7) is 5.02. The van der Waals surface area contributed by atoms with Crippen LogP contribution < -0.4 is 10.1 Å². The standard InChI is InChI=1S/C23H29N5O/c1-17-8-10-27(15-22(17)28-11-9-25-16-28)23(24-2)26-14-18-4-5-20-13-21(29-3)7-6-19(20)12-18/h4-7,9,11-13,16-17,22H,8,10,14-15H2,1-3H3,(H,24,26). The first kappa shape index (κ1) is 19.3. The summed E-state index contributed by atoms with van der Waals surface area (Å²) in [5.41, 5.74) is 1.24. The number of nitrogens with zero attached hydrogens (tertiary/aromatic N) is 4. The fourth-order valence-electron chi connectivity index (χ4n) is 4.12. The molecule has 1 N–H and O–H groups in total. The molecule has 152 valence electrons. The number of benzene rings is 2. The van der Waals surface area contributed by atoms with Crippen molar-refractivity contribution in [2.45, 2.75) is 25.9 Å². The number of aliphatic imine (C=N–C) groups is 1. The Labute approximate surface area is 172 Å². The van der Waals surface area contributed by atoms with E-state index in [4.69, 9.17) is 4.74 Å². The van der Waals surface area contributed by atoms with Crippen LogP contribution in [0.2, 0.25) is 0 Å². The van der Waals surface area contributed by atoms with Gasteiger partial charge in [0.2, 0.25) is 0 Å². The maximum absolute atomic E-state index is 5.32. The number of ether oxygens (including phenoxy) is 1. The Morgan fingerprint density at radius 1 is 1.24 bits per heavy atom. The molecule has 6 heteroatoms. The second kappa shape index (κ2) is 8.55. The monoisotopic (exact) mass is 391 g/mol. The molecule has 2 unspecified atom stereocenters. The first-order valence-corrected chi connectivity index (χ1v) is 10.2. The minimum Gasteiger partial charge on any atom is -0.497 e. The van der Waals surface area contributed by atoms with Crippen molar-refractivity contribution in [3.05, 3.63) is 60.7 Å². The van der Waals surface area contributed by atoms with Crippen LogP contribution in [0.25, 0.3) is 10.8 Å². The Morgan fingerprint density at radius 2 is 2.07 bits per heavy atom. The van der Waals surface area contributed by atoms with E-state index >= 15 is 0 Å². The fraction of sp³-hybridized carbons (Fsp3) is 0.391. The van der Waals surface area contributed by atoms with Crippen molar-refractivity contribution < 1.29 is 4.74 Å². The second-order valence-corrected chi connectivity index (χ2v) is 7.74. The Bertz CT molecular complexity index is 982. The Hall–Kier alpha value is -3.02. The van der Waals surface area contributed by atoms with Crippen molar-refractivity contribution in [1.82, 2.24) is 19.8 Å². The molecule has 1 aromatic heterocycles. The molecular weight excluding hydrogens is 362 g/mol. The van der Waals surface area contributed by atoms with Crippen LogP contribution in [-0.4, -0.2) is 47.7 Å². The van der Waals surface area contributed by atoms with Gasteiger partial charge < -0.3 is 19.5 Å². The molecule has 0 spiro atoms. The largest absolute Gasteiger partial charge is 0.497 e. The minimum atomic E-state index is 0.417. The lowest BCUT2D eigenvalue weighted by molar-refractivity contribution is 0.189. The van der Waals surface area contributed by atoms with Gasteiger partial charge in [0.25, 0.3) is 0 Å². The molecule has 3 aromatic rings. The maximum atomic E-state index is 5.32. The van der Waals surface area contributed by atoms with Gasteiger partial charge >= 0.3 is 0 Å². The predicted molar refractivity (Wildman–Crippen MR) is 117 cm³/mol. The molecule has 0 saturated carbocycles. The highest BCUT2D eigenvalue weighted by atomic mass is 16.5. The van der Waals surface area contributed by atoms with E-state index < -0.39 is 0 Å². The van der Waals surface area contributed by atoms with Gasteiger partial charge in [0.15, 0.2) is 5.96 Å². The van der Waals surface area contributed by atoms with E-state index in [-0.39, 0.29) is 0 Å². The number of nitrogens with one attached hydrogen (secondary N) is 1. The summed E-state index contributed by atoms with van der Waals surface area (Å²) in [6.07, 6.45) is 6.98. The van der Waals surface area contributed by atoms with Crippen molar-refractivity contribution >= 4 is 16.7 Å². The van der Waals surface area contributed by atoms with Gasteiger partial charge in [-0.05, 0) is 46.9 Å². The fourth-order valence-corrected chi connectivity index (χ4v) is 4.12. The molecule has 1 saturated heterocycles. The van der Waals surface area contributed by atoms with Crippen molar-refractivity contribution in [1.29, 1.82) is 0 Å². The zero-order chi connectivity index (χ0) is 20.2. The molecule has 6 nitrogen and oxygen atoms in total. The third kappa shape index (κ3) is 4.21. The first-order valence-electron chi connectivity index (χ1n) is 10.2. The molecule has 2 atom stereocenters. The highest BCUT2D eigenvalue weighted by Gasteiger charge is 2.28. The quantitative estimate of drug-likeness (QED) is 0.544. The van der Waals surface area contributed by atoms with E-state index in [0.29, 0.717) is 12.0 Å². The Balaban J connectivity index is 1.43. The molecule has 0 bridgehead atoms. The van der Waals surface area contributed by atoms with E-state index in [0.717, 1.165) is 37.8 Å². The number of piperidine rings is 1. The number of guanidine groups is 1. The van der Waals surface area contributed by atoms with E-state index in [1.54, 1.807) is 7.11 Å². The minimum absolute atomic E-state index is 0.417. The van der Waals surface area contributed by atoms with Crippen LogP contribution in [0, 0.1) is 5.92 Å². The normalized spacial score (nSPS) is 20.1. The van der Waals surface area contributed by atoms with Gasteiger partial charge in [0.1, 0.15) is 5.75 Å². The van der Waals surface area contributed by atoms with Crippen molar-refractivity contribution in [3.8, 4) is 5.75 Å². The molecule has 2 aromatic carbocycles. The van der Waals surface area contributed by atoms with Gasteiger partial charge in [-0.2, -0.15) is 0 Å². The lowest BCUT2D eigenvalue weighted by atomic mass is 9.93. The molecule has 4 rings (SSSR count). The SMILES string of the molecule is CN=C(NCc1ccc2cc(OC)ccc2c1)N1CCC(C)C(n2ccnc2)C1. The number of rotatable bonds is 4. The van der Waals surface area contributed by atoms with Gasteiger partial charge in [0, 0.05) is 39.1 Å². The van der Waals surface area contributed by atoms with Gasteiger partial charge in [-0.1, -0.05) is 25.1 Å². The van der Waals surface area contributed by atoms with Crippen molar-refractivity contribution in [2.24, 2.45) is 10.9 Å². The lowest BCUT2D eigenvalue weighted by Crippen LogP contribution is -2.48. The Kier molecular flexibility index (Phi) is 5.69. The first-order chi connectivity index (χ1) is 14.2. The summed E-state index contributed by atoms with van der Waals surface area (Å²) in [6, 6.07) is 13.1. The molecule has 2 heterocycles. The average Bonchev–Trinajstić information content (AvgIpc) is 3.29. The maximum Gasteiger partial charge on any atom is 0.193 e. The number of likely N-dealkylation sites (tertiary alicyclic amines) is 1. The summed E-state index contributed by atoms with van der Waals surface area (Å²) in [4.78, 5) is 11.1. The van der Waals surface area contributed by atoms with Crippen LogP contribution in [0.5, 0.6) is 5.75 Å². The van der Waals surface area contributed by atoms with E-state index in [2.05, 4.69) is 68.2 Å². The average molecular weight is 392 g/mol. The van der Waals surface area contributed by atoms with Gasteiger partial charge in [-0.15, -0.1) is 0 Å². The Morgan fingerprint density at radius 3 is 2.83 bits per heavy atom.